The van der Waals surface area contributed by atoms with Gasteiger partial charge in [-0.05, 0) is 36.5 Å². The quantitative estimate of drug-likeness (QED) is 0.860. The smallest absolute Gasteiger partial charge is 0.320 e. The van der Waals surface area contributed by atoms with Crippen LogP contribution in [0.3, 0.4) is 0 Å². The molecule has 98 valence electrons. The van der Waals surface area contributed by atoms with E-state index < -0.39 is 12.0 Å². The summed E-state index contributed by atoms with van der Waals surface area (Å²) in [5, 5.41) is 13.4. The molecule has 3 rings (SSSR count). The van der Waals surface area contributed by atoms with Gasteiger partial charge in [-0.25, -0.2) is 0 Å². The van der Waals surface area contributed by atoms with E-state index in [1.165, 1.54) is 0 Å². The highest BCUT2D eigenvalue weighted by molar-refractivity contribution is 5.82. The molecule has 1 unspecified atom stereocenters. The Labute approximate surface area is 111 Å². The van der Waals surface area contributed by atoms with Crippen LogP contribution in [-0.2, 0) is 11.3 Å². The Balaban J connectivity index is 1.79. The predicted molar refractivity (Wildman–Crippen MR) is 72.7 cm³/mol. The number of pyridine rings is 1. The molecule has 1 heterocycles. The number of fused-ring (bicyclic) bond motifs is 1. The van der Waals surface area contributed by atoms with Crippen LogP contribution < -0.4 is 5.32 Å². The number of nitrogens with one attached hydrogen (secondary N) is 1. The number of aromatic nitrogens is 1. The lowest BCUT2D eigenvalue weighted by molar-refractivity contribution is -0.140. The van der Waals surface area contributed by atoms with Crippen molar-refractivity contribution in [2.24, 2.45) is 5.92 Å². The number of hydrogen-bond donors (Lipinski definition) is 2. The molecule has 2 aromatic rings. The summed E-state index contributed by atoms with van der Waals surface area (Å²) in [6.45, 7) is 0.566. The van der Waals surface area contributed by atoms with Crippen molar-refractivity contribution in [1.29, 1.82) is 0 Å². The minimum absolute atomic E-state index is 0.297. The summed E-state index contributed by atoms with van der Waals surface area (Å²) in [6, 6.07) is 9.44. The summed E-state index contributed by atoms with van der Waals surface area (Å²) < 4.78 is 0. The third kappa shape index (κ3) is 2.58. The summed E-state index contributed by atoms with van der Waals surface area (Å²) in [5.41, 5.74) is 2.04. The molecule has 4 nitrogen and oxygen atoms in total. The first-order valence-electron chi connectivity index (χ1n) is 6.54. The fraction of sp³-hybridized carbons (Fsp3) is 0.333. The Morgan fingerprint density at radius 1 is 1.37 bits per heavy atom. The molecule has 19 heavy (non-hydrogen) atoms. The van der Waals surface area contributed by atoms with E-state index in [-0.39, 0.29) is 0 Å². The summed E-state index contributed by atoms with van der Waals surface area (Å²) in [5.74, 6) is -0.452. The summed E-state index contributed by atoms with van der Waals surface area (Å²) in [6.07, 6.45) is 3.80. The van der Waals surface area contributed by atoms with Crippen molar-refractivity contribution in [3.63, 3.8) is 0 Å². The number of benzene rings is 1. The second-order valence-electron chi connectivity index (χ2n) is 5.02. The van der Waals surface area contributed by atoms with Crippen LogP contribution in [0.2, 0.25) is 0 Å². The lowest BCUT2D eigenvalue weighted by Gasteiger charge is -2.14. The van der Waals surface area contributed by atoms with Crippen LogP contribution >= 0.6 is 0 Å². The first kappa shape index (κ1) is 12.1. The van der Waals surface area contributed by atoms with Gasteiger partial charge in [0.05, 0.1) is 5.52 Å². The number of rotatable bonds is 5. The molecule has 0 radical (unpaired) electrons. The Hall–Kier alpha value is -1.94. The molecule has 0 aliphatic heterocycles. The van der Waals surface area contributed by atoms with Crippen molar-refractivity contribution >= 4 is 16.9 Å². The van der Waals surface area contributed by atoms with Crippen molar-refractivity contribution in [3.8, 4) is 0 Å². The van der Waals surface area contributed by atoms with E-state index in [0.717, 1.165) is 29.3 Å². The predicted octanol–water partition coefficient (Wildman–Crippen LogP) is 2.19. The molecule has 0 saturated heterocycles. The van der Waals surface area contributed by atoms with Gasteiger partial charge in [-0.15, -0.1) is 0 Å². The lowest BCUT2D eigenvalue weighted by Crippen LogP contribution is -2.38. The van der Waals surface area contributed by atoms with Crippen LogP contribution in [0, 0.1) is 5.92 Å². The van der Waals surface area contributed by atoms with E-state index in [1.54, 1.807) is 6.20 Å². The Bertz CT molecular complexity index is 603. The van der Waals surface area contributed by atoms with Gasteiger partial charge in [0, 0.05) is 18.1 Å². The van der Waals surface area contributed by atoms with Gasteiger partial charge in [-0.2, -0.15) is 0 Å². The molecule has 1 fully saturated rings. The minimum atomic E-state index is -0.749. The zero-order chi connectivity index (χ0) is 13.2. The fourth-order valence-electron chi connectivity index (χ4n) is 2.41. The van der Waals surface area contributed by atoms with Crippen molar-refractivity contribution in [2.75, 3.05) is 0 Å². The van der Waals surface area contributed by atoms with Gasteiger partial charge in [0.2, 0.25) is 0 Å². The third-order valence-corrected chi connectivity index (χ3v) is 3.61. The maximum absolute atomic E-state index is 11.2. The molecule has 0 spiro atoms. The largest absolute Gasteiger partial charge is 0.480 e. The molecule has 0 bridgehead atoms. The lowest BCUT2D eigenvalue weighted by atomic mass is 10.1. The average molecular weight is 256 g/mol. The zero-order valence-corrected chi connectivity index (χ0v) is 10.5. The van der Waals surface area contributed by atoms with Gasteiger partial charge in [0.15, 0.2) is 0 Å². The molecule has 1 aromatic carbocycles. The molecule has 4 heteroatoms. The van der Waals surface area contributed by atoms with Gasteiger partial charge in [0.1, 0.15) is 6.04 Å². The number of carboxylic acid groups (broad SMARTS) is 1. The van der Waals surface area contributed by atoms with Crippen molar-refractivity contribution < 1.29 is 9.90 Å². The van der Waals surface area contributed by atoms with Gasteiger partial charge in [0.25, 0.3) is 0 Å². The zero-order valence-electron chi connectivity index (χ0n) is 10.5. The first-order valence-corrected chi connectivity index (χ1v) is 6.54. The topological polar surface area (TPSA) is 62.2 Å². The van der Waals surface area contributed by atoms with Crippen molar-refractivity contribution in [2.45, 2.75) is 25.4 Å². The molecule has 1 atom stereocenters. The first-order chi connectivity index (χ1) is 9.25. The van der Waals surface area contributed by atoms with E-state index in [9.17, 15) is 9.90 Å². The number of nitrogens with zero attached hydrogens (tertiary/aromatic N) is 1. The number of carbonyl (C=O) groups is 1. The SMILES string of the molecule is O=C(O)C(NCc1ccnc2ccccc12)C1CC1. The van der Waals surface area contributed by atoms with Gasteiger partial charge >= 0.3 is 5.97 Å². The molecule has 1 aromatic heterocycles. The highest BCUT2D eigenvalue weighted by Crippen LogP contribution is 2.33. The standard InChI is InChI=1S/C15H16N2O2/c18-15(19)14(10-5-6-10)17-9-11-7-8-16-13-4-2-1-3-12(11)13/h1-4,7-8,10,14,17H,5-6,9H2,(H,18,19). The highest BCUT2D eigenvalue weighted by atomic mass is 16.4. The van der Waals surface area contributed by atoms with E-state index >= 15 is 0 Å². The third-order valence-electron chi connectivity index (χ3n) is 3.61. The van der Waals surface area contributed by atoms with E-state index in [4.69, 9.17) is 0 Å². The van der Waals surface area contributed by atoms with Crippen LogP contribution in [0.5, 0.6) is 0 Å². The van der Waals surface area contributed by atoms with Crippen LogP contribution in [0.1, 0.15) is 18.4 Å². The molecule has 2 N–H and O–H groups in total. The summed E-state index contributed by atoms with van der Waals surface area (Å²) in [7, 11) is 0. The van der Waals surface area contributed by atoms with Gasteiger partial charge in [-0.3, -0.25) is 9.78 Å². The summed E-state index contributed by atoms with van der Waals surface area (Å²) in [4.78, 5) is 15.5. The minimum Gasteiger partial charge on any atom is -0.480 e. The maximum Gasteiger partial charge on any atom is 0.320 e. The highest BCUT2D eigenvalue weighted by Gasteiger charge is 2.35. The monoisotopic (exact) mass is 256 g/mol. The molecule has 1 aliphatic rings. The Morgan fingerprint density at radius 2 is 2.16 bits per heavy atom. The van der Waals surface area contributed by atoms with Gasteiger partial charge < -0.3 is 10.4 Å². The van der Waals surface area contributed by atoms with Crippen LogP contribution in [0.25, 0.3) is 10.9 Å². The van der Waals surface area contributed by atoms with Crippen molar-refractivity contribution in [1.82, 2.24) is 10.3 Å². The molecular weight excluding hydrogens is 240 g/mol. The van der Waals surface area contributed by atoms with Crippen molar-refractivity contribution in [3.05, 3.63) is 42.1 Å². The average Bonchev–Trinajstić information content (AvgIpc) is 3.23. The number of para-hydroxylation sites is 1. The van der Waals surface area contributed by atoms with Crippen LogP contribution in [0.15, 0.2) is 36.5 Å². The van der Waals surface area contributed by atoms with Gasteiger partial charge in [-0.1, -0.05) is 18.2 Å². The number of carboxylic acids is 1. The van der Waals surface area contributed by atoms with E-state index in [1.807, 2.05) is 30.3 Å². The maximum atomic E-state index is 11.2. The molecule has 1 saturated carbocycles. The second-order valence-corrected chi connectivity index (χ2v) is 5.02. The molecular formula is C15H16N2O2. The molecule has 1 aliphatic carbocycles. The number of aliphatic carboxylic acids is 1. The van der Waals surface area contributed by atoms with E-state index in [2.05, 4.69) is 10.3 Å². The summed E-state index contributed by atoms with van der Waals surface area (Å²) >= 11 is 0. The van der Waals surface area contributed by atoms with E-state index in [0.29, 0.717) is 12.5 Å². The number of hydrogen-bond acceptors (Lipinski definition) is 3. The Kier molecular flexibility index (Phi) is 3.17. The van der Waals surface area contributed by atoms with Crippen LogP contribution in [0.4, 0.5) is 0 Å². The van der Waals surface area contributed by atoms with Crippen LogP contribution in [-0.4, -0.2) is 22.1 Å². The molecule has 0 amide bonds. The second kappa shape index (κ2) is 4.97. The Morgan fingerprint density at radius 3 is 2.89 bits per heavy atom. The fourth-order valence-corrected chi connectivity index (χ4v) is 2.41. The normalized spacial score (nSPS) is 16.4.